The van der Waals surface area contributed by atoms with Crippen molar-refractivity contribution in [3.05, 3.63) is 52.7 Å². The van der Waals surface area contributed by atoms with Crippen molar-refractivity contribution in [2.45, 2.75) is 12.2 Å². The fraction of sp³-hybridized carbons (Fsp3) is 0.333. The van der Waals surface area contributed by atoms with Gasteiger partial charge in [0.2, 0.25) is 0 Å². The lowest BCUT2D eigenvalue weighted by molar-refractivity contribution is -0.139. The molecule has 150 valence electrons. The van der Waals surface area contributed by atoms with Gasteiger partial charge in [-0.3, -0.25) is 9.69 Å². The molecule has 3 N–H and O–H groups in total. The van der Waals surface area contributed by atoms with E-state index in [0.717, 1.165) is 17.8 Å². The molecule has 0 aliphatic carbocycles. The number of carbonyl (C=O) groups is 1. The van der Waals surface area contributed by atoms with Crippen molar-refractivity contribution in [1.82, 2.24) is 9.88 Å². The zero-order valence-corrected chi connectivity index (χ0v) is 15.4. The molecule has 0 bridgehead atoms. The monoisotopic (exact) mass is 414 g/mol. The number of hydrogen-bond acceptors (Lipinski definition) is 5. The summed E-state index contributed by atoms with van der Waals surface area (Å²) in [5, 5.41) is 9.62. The van der Waals surface area contributed by atoms with Crippen molar-refractivity contribution in [3.63, 3.8) is 0 Å². The van der Waals surface area contributed by atoms with Crippen LogP contribution in [0.2, 0.25) is 5.02 Å². The second kappa shape index (κ2) is 7.84. The molecule has 1 aromatic carbocycles. The summed E-state index contributed by atoms with van der Waals surface area (Å²) in [4.78, 5) is 18.6. The maximum absolute atomic E-state index is 12.9. The Balaban J connectivity index is 1.95. The Morgan fingerprint density at radius 2 is 1.96 bits per heavy atom. The maximum atomic E-state index is 12.9. The van der Waals surface area contributed by atoms with Gasteiger partial charge in [-0.15, -0.1) is 0 Å². The third-order valence-corrected chi connectivity index (χ3v) is 4.82. The Labute approximate surface area is 164 Å². The van der Waals surface area contributed by atoms with Crippen LogP contribution in [-0.4, -0.2) is 47.1 Å². The number of piperazine rings is 1. The summed E-state index contributed by atoms with van der Waals surface area (Å²) in [6, 6.07) is 7.53. The summed E-state index contributed by atoms with van der Waals surface area (Å²) in [6.45, 7) is 1.01. The van der Waals surface area contributed by atoms with Crippen LogP contribution in [0.5, 0.6) is 0 Å². The molecule has 2 heterocycles. The third-order valence-electron chi connectivity index (χ3n) is 4.57. The summed E-state index contributed by atoms with van der Waals surface area (Å²) in [7, 11) is 0. The highest BCUT2D eigenvalue weighted by Crippen LogP contribution is 2.36. The predicted molar refractivity (Wildman–Crippen MR) is 99.3 cm³/mol. The number of nitrogen functional groups attached to an aromatic ring is 1. The molecule has 1 aliphatic rings. The normalized spacial score (nSPS) is 18.3. The van der Waals surface area contributed by atoms with E-state index in [1.54, 1.807) is 34.1 Å². The number of benzene rings is 1. The average Bonchev–Trinajstić information content (AvgIpc) is 2.61. The van der Waals surface area contributed by atoms with E-state index in [0.29, 0.717) is 24.7 Å². The second-order valence-corrected chi connectivity index (χ2v) is 6.96. The Kier molecular flexibility index (Phi) is 5.66. The molecular weight excluding hydrogens is 397 g/mol. The van der Waals surface area contributed by atoms with Gasteiger partial charge in [-0.2, -0.15) is 13.2 Å². The zero-order valence-electron chi connectivity index (χ0n) is 14.7. The summed E-state index contributed by atoms with van der Waals surface area (Å²) < 4.78 is 38.7. The van der Waals surface area contributed by atoms with Gasteiger partial charge in [0.05, 0.1) is 23.8 Å². The number of pyridine rings is 1. The number of hydrogen-bond donors (Lipinski definition) is 2. The van der Waals surface area contributed by atoms with Gasteiger partial charge in [-0.1, -0.05) is 23.7 Å². The molecule has 6 nitrogen and oxygen atoms in total. The van der Waals surface area contributed by atoms with E-state index in [-0.39, 0.29) is 24.1 Å². The highest BCUT2D eigenvalue weighted by molar-refractivity contribution is 6.30. The van der Waals surface area contributed by atoms with Gasteiger partial charge in [0, 0.05) is 30.9 Å². The first-order valence-corrected chi connectivity index (χ1v) is 8.82. The van der Waals surface area contributed by atoms with Gasteiger partial charge in [0.1, 0.15) is 0 Å². The number of carboxylic acid groups (broad SMARTS) is 1. The summed E-state index contributed by atoms with van der Waals surface area (Å²) in [5.41, 5.74) is 5.73. The number of halogens is 4. The largest absolute Gasteiger partial charge is 0.480 e. The van der Waals surface area contributed by atoms with E-state index in [4.69, 9.17) is 22.4 Å². The first kappa shape index (κ1) is 20.2. The number of carboxylic acids is 1. The van der Waals surface area contributed by atoms with Crippen LogP contribution in [0.3, 0.4) is 0 Å². The van der Waals surface area contributed by atoms with Crippen LogP contribution >= 0.6 is 11.6 Å². The molecule has 1 aliphatic heterocycles. The zero-order chi connectivity index (χ0) is 20.5. The van der Waals surface area contributed by atoms with Gasteiger partial charge < -0.3 is 15.7 Å². The summed E-state index contributed by atoms with van der Waals surface area (Å²) in [5.74, 6) is -0.710. The van der Waals surface area contributed by atoms with E-state index in [9.17, 15) is 18.0 Å². The molecule has 0 radical (unpaired) electrons. The molecule has 1 aromatic heterocycles. The van der Waals surface area contributed by atoms with Crippen LogP contribution in [0.4, 0.5) is 24.7 Å². The molecule has 3 rings (SSSR count). The van der Waals surface area contributed by atoms with Crippen LogP contribution in [0, 0.1) is 0 Å². The van der Waals surface area contributed by atoms with Crippen LogP contribution in [0.1, 0.15) is 17.2 Å². The van der Waals surface area contributed by atoms with Crippen molar-refractivity contribution in [3.8, 4) is 0 Å². The topological polar surface area (TPSA) is 82.7 Å². The molecule has 10 heteroatoms. The van der Waals surface area contributed by atoms with E-state index < -0.39 is 17.7 Å². The minimum Gasteiger partial charge on any atom is -0.480 e. The fourth-order valence-corrected chi connectivity index (χ4v) is 3.39. The SMILES string of the molecule is Nc1cc(C(F)(F)F)cnc1N1CCN(CC(=O)O)CC1c1ccc(Cl)cc1. The summed E-state index contributed by atoms with van der Waals surface area (Å²) in [6.07, 6.45) is -3.77. The van der Waals surface area contributed by atoms with Crippen molar-refractivity contribution >= 4 is 29.1 Å². The van der Waals surface area contributed by atoms with Crippen LogP contribution in [0.25, 0.3) is 0 Å². The number of rotatable bonds is 4. The van der Waals surface area contributed by atoms with Crippen molar-refractivity contribution in [1.29, 1.82) is 0 Å². The molecule has 1 saturated heterocycles. The van der Waals surface area contributed by atoms with Crippen LogP contribution in [0.15, 0.2) is 36.5 Å². The fourth-order valence-electron chi connectivity index (χ4n) is 3.27. The Morgan fingerprint density at radius 1 is 1.29 bits per heavy atom. The number of nitrogens with two attached hydrogens (primary N) is 1. The van der Waals surface area contributed by atoms with Gasteiger partial charge >= 0.3 is 12.1 Å². The number of aromatic nitrogens is 1. The highest BCUT2D eigenvalue weighted by atomic mass is 35.5. The van der Waals surface area contributed by atoms with Gasteiger partial charge in [-0.05, 0) is 23.8 Å². The third kappa shape index (κ3) is 4.48. The van der Waals surface area contributed by atoms with Crippen molar-refractivity contribution in [2.75, 3.05) is 36.8 Å². The lowest BCUT2D eigenvalue weighted by Gasteiger charge is -2.42. The Bertz CT molecular complexity index is 861. The minimum atomic E-state index is -4.53. The first-order chi connectivity index (χ1) is 13.1. The lowest BCUT2D eigenvalue weighted by atomic mass is 10.0. The number of nitrogens with zero attached hydrogens (tertiary/aromatic N) is 3. The molecule has 1 fully saturated rings. The number of aliphatic carboxylic acids is 1. The Morgan fingerprint density at radius 3 is 2.54 bits per heavy atom. The van der Waals surface area contributed by atoms with E-state index in [1.165, 1.54) is 0 Å². The van der Waals surface area contributed by atoms with Crippen molar-refractivity contribution < 1.29 is 23.1 Å². The number of anilines is 2. The van der Waals surface area contributed by atoms with E-state index >= 15 is 0 Å². The van der Waals surface area contributed by atoms with Gasteiger partial charge in [-0.25, -0.2) is 4.98 Å². The predicted octanol–water partition coefficient (Wildman–Crippen LogP) is 3.28. The first-order valence-electron chi connectivity index (χ1n) is 8.44. The van der Waals surface area contributed by atoms with E-state index in [1.807, 2.05) is 0 Å². The highest BCUT2D eigenvalue weighted by Gasteiger charge is 2.34. The second-order valence-electron chi connectivity index (χ2n) is 6.52. The number of alkyl halides is 3. The quantitative estimate of drug-likeness (QED) is 0.799. The molecule has 28 heavy (non-hydrogen) atoms. The molecular formula is C18H18ClF3N4O2. The average molecular weight is 415 g/mol. The maximum Gasteiger partial charge on any atom is 0.417 e. The molecule has 2 aromatic rings. The molecule has 1 unspecified atom stereocenters. The molecule has 0 spiro atoms. The van der Waals surface area contributed by atoms with Gasteiger partial charge in [0.25, 0.3) is 0 Å². The molecule has 0 saturated carbocycles. The molecule has 0 amide bonds. The van der Waals surface area contributed by atoms with Crippen LogP contribution in [-0.2, 0) is 11.0 Å². The standard InChI is InChI=1S/C18H18ClF3N4O2/c19-13-3-1-11(2-4-13)15-9-25(10-16(27)28)5-6-26(15)17-14(23)7-12(8-24-17)18(20,21)22/h1-4,7-8,15H,5-6,9-10,23H2,(H,27,28). The minimum absolute atomic E-state index is 0.0829. The van der Waals surface area contributed by atoms with Gasteiger partial charge in [0.15, 0.2) is 5.82 Å². The summed E-state index contributed by atoms with van der Waals surface area (Å²) >= 11 is 5.95. The molecule has 1 atom stereocenters. The smallest absolute Gasteiger partial charge is 0.417 e. The van der Waals surface area contributed by atoms with E-state index in [2.05, 4.69) is 4.98 Å². The van der Waals surface area contributed by atoms with Crippen LogP contribution < -0.4 is 10.6 Å². The van der Waals surface area contributed by atoms with Crippen molar-refractivity contribution in [2.24, 2.45) is 0 Å². The Hall–Kier alpha value is -2.52. The lowest BCUT2D eigenvalue weighted by Crippen LogP contribution is -2.50.